The van der Waals surface area contributed by atoms with E-state index in [4.69, 9.17) is 10.7 Å². The number of imidazole rings is 1. The fourth-order valence-corrected chi connectivity index (χ4v) is 2.97. The van der Waals surface area contributed by atoms with Crippen molar-refractivity contribution in [1.82, 2.24) is 19.3 Å². The third-order valence-corrected chi connectivity index (χ3v) is 3.99. The minimum absolute atomic E-state index is 0.492. The number of hydrogen-bond donors (Lipinski definition) is 1. The minimum Gasteiger partial charge on any atom is -0.383 e. The van der Waals surface area contributed by atoms with E-state index < -0.39 is 0 Å². The van der Waals surface area contributed by atoms with Crippen LogP contribution in [0.25, 0.3) is 11.3 Å². The molecule has 1 unspecified atom stereocenters. The van der Waals surface area contributed by atoms with E-state index in [1.54, 1.807) is 0 Å². The van der Waals surface area contributed by atoms with Crippen LogP contribution in [-0.4, -0.2) is 19.3 Å². The van der Waals surface area contributed by atoms with Crippen LogP contribution >= 0.6 is 0 Å². The molecule has 1 aliphatic rings. The van der Waals surface area contributed by atoms with Crippen molar-refractivity contribution in [2.45, 2.75) is 45.6 Å². The lowest BCUT2D eigenvalue weighted by Gasteiger charge is -2.20. The lowest BCUT2D eigenvalue weighted by molar-refractivity contribution is 0.467. The van der Waals surface area contributed by atoms with Crippen LogP contribution in [0.2, 0.25) is 0 Å². The number of fused-ring (bicyclic) bond motifs is 1. The smallest absolute Gasteiger partial charge is 0.131 e. The van der Waals surface area contributed by atoms with Gasteiger partial charge in [0.25, 0.3) is 0 Å². The summed E-state index contributed by atoms with van der Waals surface area (Å²) in [6, 6.07) is 0. The van der Waals surface area contributed by atoms with Crippen LogP contribution in [0.3, 0.4) is 0 Å². The van der Waals surface area contributed by atoms with E-state index in [0.29, 0.717) is 5.92 Å². The maximum atomic E-state index is 6.31. The van der Waals surface area contributed by atoms with Crippen molar-refractivity contribution in [2.24, 2.45) is 7.05 Å². The number of rotatable bonds is 2. The zero-order valence-electron chi connectivity index (χ0n) is 11.8. The van der Waals surface area contributed by atoms with E-state index in [0.717, 1.165) is 41.6 Å². The molecule has 3 rings (SSSR count). The lowest BCUT2D eigenvalue weighted by Crippen LogP contribution is -2.15. The van der Waals surface area contributed by atoms with E-state index >= 15 is 0 Å². The van der Waals surface area contributed by atoms with Gasteiger partial charge in [-0.3, -0.25) is 4.68 Å². The van der Waals surface area contributed by atoms with Crippen molar-refractivity contribution in [2.75, 3.05) is 5.73 Å². The molecule has 1 aliphatic heterocycles. The summed E-state index contributed by atoms with van der Waals surface area (Å²) in [5, 5.41) is 4.48. The van der Waals surface area contributed by atoms with Crippen LogP contribution in [0.5, 0.6) is 0 Å². The fraction of sp³-hybridized carbons (Fsp3) is 0.571. The third-order valence-electron chi connectivity index (χ3n) is 3.99. The van der Waals surface area contributed by atoms with Crippen molar-refractivity contribution >= 4 is 5.82 Å². The second-order valence-corrected chi connectivity index (χ2v) is 5.42. The molecule has 0 aromatic carbocycles. The van der Waals surface area contributed by atoms with Crippen molar-refractivity contribution in [3.63, 3.8) is 0 Å². The molecule has 0 saturated heterocycles. The number of anilines is 1. The normalized spacial score (nSPS) is 18.6. The van der Waals surface area contributed by atoms with Gasteiger partial charge in [-0.1, -0.05) is 13.8 Å². The van der Waals surface area contributed by atoms with E-state index in [1.807, 2.05) is 17.9 Å². The fourth-order valence-electron chi connectivity index (χ4n) is 2.97. The Morgan fingerprint density at radius 3 is 2.95 bits per heavy atom. The van der Waals surface area contributed by atoms with E-state index in [1.165, 1.54) is 12.8 Å². The van der Waals surface area contributed by atoms with Crippen molar-refractivity contribution < 1.29 is 0 Å². The van der Waals surface area contributed by atoms with Crippen LogP contribution in [-0.2, 0) is 20.0 Å². The molecular weight excluding hydrogens is 238 g/mol. The molecule has 0 aliphatic carbocycles. The summed E-state index contributed by atoms with van der Waals surface area (Å²) < 4.78 is 4.02. The lowest BCUT2D eigenvalue weighted by atomic mass is 10.0. The molecule has 2 aromatic heterocycles. The zero-order chi connectivity index (χ0) is 13.6. The predicted molar refractivity (Wildman–Crippen MR) is 75.9 cm³/mol. The van der Waals surface area contributed by atoms with Crippen molar-refractivity contribution in [3.8, 4) is 11.3 Å². The molecule has 0 radical (unpaired) electrons. The van der Waals surface area contributed by atoms with Crippen LogP contribution in [0.15, 0.2) is 6.20 Å². The molecule has 5 nitrogen and oxygen atoms in total. The Bertz CT molecular complexity index is 608. The summed E-state index contributed by atoms with van der Waals surface area (Å²) in [6.07, 6.45) is 5.30. The SMILES string of the molecule is CCc1nn(C)cc1-c1nc2n(c1N)CCCC2C. The summed E-state index contributed by atoms with van der Waals surface area (Å²) in [6.45, 7) is 5.33. The Hall–Kier alpha value is -1.78. The molecule has 0 bridgehead atoms. The first-order valence-electron chi connectivity index (χ1n) is 7.00. The van der Waals surface area contributed by atoms with Gasteiger partial charge in [-0.05, 0) is 19.3 Å². The van der Waals surface area contributed by atoms with E-state index in [-0.39, 0.29) is 0 Å². The molecule has 5 heteroatoms. The van der Waals surface area contributed by atoms with Crippen molar-refractivity contribution in [1.29, 1.82) is 0 Å². The highest BCUT2D eigenvalue weighted by Gasteiger charge is 2.25. The molecule has 0 fully saturated rings. The maximum absolute atomic E-state index is 6.31. The topological polar surface area (TPSA) is 61.7 Å². The standard InChI is InChI=1S/C14H21N5/c1-4-11-10(8-18(3)17-11)12-13(15)19-7-5-6-9(2)14(19)16-12/h8-9H,4-7,15H2,1-3H3. The molecule has 3 heterocycles. The Labute approximate surface area is 113 Å². The van der Waals surface area contributed by atoms with Crippen LogP contribution in [0.1, 0.15) is 44.1 Å². The monoisotopic (exact) mass is 259 g/mol. The van der Waals surface area contributed by atoms with Gasteiger partial charge in [0.15, 0.2) is 0 Å². The molecule has 0 saturated carbocycles. The summed E-state index contributed by atoms with van der Waals surface area (Å²) in [5.41, 5.74) is 9.37. The van der Waals surface area contributed by atoms with Crippen molar-refractivity contribution in [3.05, 3.63) is 17.7 Å². The second-order valence-electron chi connectivity index (χ2n) is 5.42. The molecule has 1 atom stereocenters. The molecule has 2 N–H and O–H groups in total. The zero-order valence-corrected chi connectivity index (χ0v) is 11.8. The number of nitrogens with zero attached hydrogens (tertiary/aromatic N) is 4. The first-order valence-corrected chi connectivity index (χ1v) is 7.00. The highest BCUT2D eigenvalue weighted by atomic mass is 15.3. The summed E-state index contributed by atoms with van der Waals surface area (Å²) in [4.78, 5) is 4.81. The second kappa shape index (κ2) is 4.40. The highest BCUT2D eigenvalue weighted by molar-refractivity contribution is 5.72. The van der Waals surface area contributed by atoms with E-state index in [2.05, 4.69) is 23.5 Å². The van der Waals surface area contributed by atoms with Crippen LogP contribution in [0.4, 0.5) is 5.82 Å². The van der Waals surface area contributed by atoms with Gasteiger partial charge in [-0.25, -0.2) is 4.98 Å². The van der Waals surface area contributed by atoms with Crippen LogP contribution in [0, 0.1) is 0 Å². The average Bonchev–Trinajstić information content (AvgIpc) is 2.92. The van der Waals surface area contributed by atoms with Gasteiger partial charge < -0.3 is 10.3 Å². The Kier molecular flexibility index (Phi) is 2.84. The molecule has 2 aromatic rings. The number of nitrogen functional groups attached to an aromatic ring is 1. The molecule has 0 spiro atoms. The summed E-state index contributed by atoms with van der Waals surface area (Å²) >= 11 is 0. The quantitative estimate of drug-likeness (QED) is 0.900. The first kappa shape index (κ1) is 12.3. The third kappa shape index (κ3) is 1.84. The Morgan fingerprint density at radius 2 is 2.26 bits per heavy atom. The van der Waals surface area contributed by atoms with Gasteiger partial charge in [0, 0.05) is 31.3 Å². The molecule has 19 heavy (non-hydrogen) atoms. The van der Waals surface area contributed by atoms with Crippen LogP contribution < -0.4 is 5.73 Å². The van der Waals surface area contributed by atoms with Gasteiger partial charge in [-0.15, -0.1) is 0 Å². The Morgan fingerprint density at radius 1 is 1.47 bits per heavy atom. The molecule has 102 valence electrons. The number of nitrogens with two attached hydrogens (primary N) is 1. The number of aromatic nitrogens is 4. The molecular formula is C14H21N5. The minimum atomic E-state index is 0.492. The first-order chi connectivity index (χ1) is 9.11. The number of aryl methyl sites for hydroxylation is 2. The van der Waals surface area contributed by atoms with Gasteiger partial charge >= 0.3 is 0 Å². The Balaban J connectivity index is 2.15. The van der Waals surface area contributed by atoms with Gasteiger partial charge in [0.05, 0.1) is 5.69 Å². The predicted octanol–water partition coefficient (Wildman–Crippen LogP) is 2.33. The van der Waals surface area contributed by atoms with Gasteiger partial charge in [-0.2, -0.15) is 5.10 Å². The average molecular weight is 259 g/mol. The number of hydrogen-bond acceptors (Lipinski definition) is 3. The summed E-state index contributed by atoms with van der Waals surface area (Å²) in [5.74, 6) is 2.42. The van der Waals surface area contributed by atoms with Gasteiger partial charge in [0.1, 0.15) is 17.3 Å². The summed E-state index contributed by atoms with van der Waals surface area (Å²) in [7, 11) is 1.94. The maximum Gasteiger partial charge on any atom is 0.131 e. The van der Waals surface area contributed by atoms with E-state index in [9.17, 15) is 0 Å². The molecule has 0 amide bonds. The van der Waals surface area contributed by atoms with Gasteiger partial charge in [0.2, 0.25) is 0 Å². The largest absolute Gasteiger partial charge is 0.383 e. The highest BCUT2D eigenvalue weighted by Crippen LogP contribution is 2.35.